The number of halogens is 2. The molecule has 5 nitrogen and oxygen atoms in total. The zero-order valence-electron chi connectivity index (χ0n) is 15.2. The Kier molecular flexibility index (Phi) is 10.8. The summed E-state index contributed by atoms with van der Waals surface area (Å²) in [6.07, 6.45) is 0.943. The second-order valence-corrected chi connectivity index (χ2v) is 5.74. The van der Waals surface area contributed by atoms with Crippen molar-refractivity contribution in [3.8, 4) is 0 Å². The van der Waals surface area contributed by atoms with Gasteiger partial charge in [0.05, 0.1) is 0 Å². The maximum atomic E-state index is 13.0. The third kappa shape index (κ3) is 7.35. The van der Waals surface area contributed by atoms with Crippen LogP contribution in [0.25, 0.3) is 0 Å². The van der Waals surface area contributed by atoms with Gasteiger partial charge in [-0.15, -0.1) is 24.0 Å². The summed E-state index contributed by atoms with van der Waals surface area (Å²) in [6.45, 7) is 10.9. The molecule has 1 aromatic rings. The molecule has 0 aliphatic carbocycles. The molecule has 0 radical (unpaired) electrons. The summed E-state index contributed by atoms with van der Waals surface area (Å²) in [5.74, 6) is 0.791. The largest absolute Gasteiger partial charge is 0.382 e. The molecule has 0 amide bonds. The first-order valence-electron chi connectivity index (χ1n) is 8.86. The van der Waals surface area contributed by atoms with Gasteiger partial charge in [-0.1, -0.05) is 0 Å². The van der Waals surface area contributed by atoms with Crippen LogP contribution in [0.2, 0.25) is 0 Å². The predicted octanol–water partition coefficient (Wildman–Crippen LogP) is 2.96. The number of hydrogen-bond acceptors (Lipinski definition) is 3. The fraction of sp³-hybridized carbons (Fsp3) is 0.611. The standard InChI is InChI=1S/C18H29FN4O.HI/c1-3-20-18(21-10-5-15-24-4-2)23-13-11-22(12-14-23)17-8-6-16(19)7-9-17;/h6-9H,3-5,10-15H2,1-2H3,(H,20,21);1H. The van der Waals surface area contributed by atoms with Gasteiger partial charge in [0.25, 0.3) is 0 Å². The number of hydrogen-bond donors (Lipinski definition) is 1. The predicted molar refractivity (Wildman–Crippen MR) is 113 cm³/mol. The van der Waals surface area contributed by atoms with Crippen LogP contribution in [0.1, 0.15) is 20.3 Å². The lowest BCUT2D eigenvalue weighted by molar-refractivity contribution is 0.146. The Morgan fingerprint density at radius 1 is 1.16 bits per heavy atom. The molecule has 1 heterocycles. The third-order valence-corrected chi connectivity index (χ3v) is 4.02. The van der Waals surface area contributed by atoms with Crippen LogP contribution in [0, 0.1) is 5.82 Å². The lowest BCUT2D eigenvalue weighted by Crippen LogP contribution is -2.52. The molecule has 0 aromatic heterocycles. The molecule has 1 fully saturated rings. The zero-order valence-corrected chi connectivity index (χ0v) is 17.5. The monoisotopic (exact) mass is 464 g/mol. The quantitative estimate of drug-likeness (QED) is 0.292. The number of piperazine rings is 1. The van der Waals surface area contributed by atoms with Gasteiger partial charge in [-0.25, -0.2) is 4.39 Å². The van der Waals surface area contributed by atoms with Gasteiger partial charge in [0.2, 0.25) is 0 Å². The molecule has 1 aliphatic heterocycles. The maximum Gasteiger partial charge on any atom is 0.194 e. The molecule has 142 valence electrons. The summed E-state index contributed by atoms with van der Waals surface area (Å²) < 4.78 is 18.4. The van der Waals surface area contributed by atoms with Crippen molar-refractivity contribution >= 4 is 35.6 Å². The van der Waals surface area contributed by atoms with Crippen molar-refractivity contribution in [3.05, 3.63) is 30.1 Å². The van der Waals surface area contributed by atoms with E-state index >= 15 is 0 Å². The van der Waals surface area contributed by atoms with Gasteiger partial charge in [0.15, 0.2) is 5.96 Å². The van der Waals surface area contributed by atoms with Gasteiger partial charge in [-0.05, 0) is 44.5 Å². The summed E-state index contributed by atoms with van der Waals surface area (Å²) in [7, 11) is 0. The van der Waals surface area contributed by atoms with E-state index in [4.69, 9.17) is 9.73 Å². The van der Waals surface area contributed by atoms with Crippen molar-refractivity contribution in [2.75, 3.05) is 57.4 Å². The van der Waals surface area contributed by atoms with E-state index in [1.807, 2.05) is 19.1 Å². The maximum absolute atomic E-state index is 13.0. The molecule has 0 saturated carbocycles. The summed E-state index contributed by atoms with van der Waals surface area (Å²) in [5, 5.41) is 3.37. The van der Waals surface area contributed by atoms with Crippen LogP contribution in [0.5, 0.6) is 0 Å². The molecule has 1 saturated heterocycles. The molecule has 25 heavy (non-hydrogen) atoms. The highest BCUT2D eigenvalue weighted by Crippen LogP contribution is 2.16. The molecular weight excluding hydrogens is 434 g/mol. The van der Waals surface area contributed by atoms with Crippen LogP contribution in [0.15, 0.2) is 29.3 Å². The van der Waals surface area contributed by atoms with Crippen LogP contribution in [-0.2, 0) is 4.74 Å². The highest BCUT2D eigenvalue weighted by Gasteiger charge is 2.19. The summed E-state index contributed by atoms with van der Waals surface area (Å²) in [4.78, 5) is 9.28. The van der Waals surface area contributed by atoms with Gasteiger partial charge in [-0.3, -0.25) is 4.99 Å². The molecule has 1 aliphatic rings. The molecule has 1 N–H and O–H groups in total. The third-order valence-electron chi connectivity index (χ3n) is 4.02. The Hall–Kier alpha value is -1.09. The number of guanidine groups is 1. The van der Waals surface area contributed by atoms with E-state index < -0.39 is 0 Å². The normalized spacial score (nSPS) is 15.1. The van der Waals surface area contributed by atoms with Crippen LogP contribution >= 0.6 is 24.0 Å². The van der Waals surface area contributed by atoms with Crippen LogP contribution in [0.4, 0.5) is 10.1 Å². The topological polar surface area (TPSA) is 40.1 Å². The van der Waals surface area contributed by atoms with Crippen molar-refractivity contribution in [2.24, 2.45) is 4.99 Å². The zero-order chi connectivity index (χ0) is 17.2. The molecule has 0 atom stereocenters. The summed E-state index contributed by atoms with van der Waals surface area (Å²) in [6, 6.07) is 6.73. The average molecular weight is 464 g/mol. The van der Waals surface area contributed by atoms with Crippen molar-refractivity contribution < 1.29 is 9.13 Å². The average Bonchev–Trinajstić information content (AvgIpc) is 2.61. The van der Waals surface area contributed by atoms with Gasteiger partial charge in [0, 0.05) is 58.2 Å². The minimum atomic E-state index is -0.189. The SMILES string of the molecule is CCNC(=NCCCOCC)N1CCN(c2ccc(F)cc2)CC1.I. The lowest BCUT2D eigenvalue weighted by Gasteiger charge is -2.37. The number of nitrogens with zero attached hydrogens (tertiary/aromatic N) is 3. The van der Waals surface area contributed by atoms with Crippen molar-refractivity contribution in [2.45, 2.75) is 20.3 Å². The number of rotatable bonds is 7. The Bertz CT molecular complexity index is 504. The van der Waals surface area contributed by atoms with E-state index in [0.29, 0.717) is 0 Å². The van der Waals surface area contributed by atoms with E-state index in [-0.39, 0.29) is 29.8 Å². The summed E-state index contributed by atoms with van der Waals surface area (Å²) in [5.41, 5.74) is 1.08. The van der Waals surface area contributed by atoms with Crippen LogP contribution in [0.3, 0.4) is 0 Å². The first-order chi connectivity index (χ1) is 11.7. The Morgan fingerprint density at radius 2 is 1.84 bits per heavy atom. The van der Waals surface area contributed by atoms with Gasteiger partial charge >= 0.3 is 0 Å². The molecule has 0 spiro atoms. The fourth-order valence-corrected chi connectivity index (χ4v) is 2.75. The molecule has 1 aromatic carbocycles. The van der Waals surface area contributed by atoms with E-state index in [0.717, 1.165) is 70.6 Å². The first-order valence-corrected chi connectivity index (χ1v) is 8.86. The van der Waals surface area contributed by atoms with E-state index in [1.54, 1.807) is 0 Å². The molecule has 2 rings (SSSR count). The minimum Gasteiger partial charge on any atom is -0.382 e. The van der Waals surface area contributed by atoms with Crippen LogP contribution in [-0.4, -0.2) is 63.3 Å². The molecule has 0 bridgehead atoms. The van der Waals surface area contributed by atoms with E-state index in [9.17, 15) is 4.39 Å². The summed E-state index contributed by atoms with van der Waals surface area (Å²) >= 11 is 0. The van der Waals surface area contributed by atoms with E-state index in [1.165, 1.54) is 12.1 Å². The van der Waals surface area contributed by atoms with Crippen LogP contribution < -0.4 is 10.2 Å². The van der Waals surface area contributed by atoms with E-state index in [2.05, 4.69) is 22.0 Å². The Morgan fingerprint density at radius 3 is 2.44 bits per heavy atom. The van der Waals surface area contributed by atoms with Gasteiger partial charge < -0.3 is 19.9 Å². The number of anilines is 1. The van der Waals surface area contributed by atoms with Crippen molar-refractivity contribution in [1.82, 2.24) is 10.2 Å². The highest BCUT2D eigenvalue weighted by molar-refractivity contribution is 14.0. The highest BCUT2D eigenvalue weighted by atomic mass is 127. The number of benzene rings is 1. The smallest absolute Gasteiger partial charge is 0.194 e. The number of aliphatic imine (C=N–C) groups is 1. The second-order valence-electron chi connectivity index (χ2n) is 5.74. The number of nitrogens with one attached hydrogen (secondary N) is 1. The Labute approximate surface area is 167 Å². The lowest BCUT2D eigenvalue weighted by atomic mass is 10.2. The second kappa shape index (κ2) is 12.3. The fourth-order valence-electron chi connectivity index (χ4n) is 2.75. The molecule has 0 unspecified atom stereocenters. The van der Waals surface area contributed by atoms with Gasteiger partial charge in [0.1, 0.15) is 5.82 Å². The number of ether oxygens (including phenoxy) is 1. The van der Waals surface area contributed by atoms with Gasteiger partial charge in [-0.2, -0.15) is 0 Å². The minimum absolute atomic E-state index is 0. The van der Waals surface area contributed by atoms with Crippen molar-refractivity contribution in [1.29, 1.82) is 0 Å². The first kappa shape index (κ1) is 22.0. The molecule has 7 heteroatoms. The van der Waals surface area contributed by atoms with Crippen molar-refractivity contribution in [3.63, 3.8) is 0 Å². The Balaban J connectivity index is 0.00000312. The molecular formula is C18H30FIN4O.